The summed E-state index contributed by atoms with van der Waals surface area (Å²) < 4.78 is 0. The Morgan fingerprint density at radius 1 is 1.53 bits per heavy atom. The summed E-state index contributed by atoms with van der Waals surface area (Å²) in [7, 11) is 0. The summed E-state index contributed by atoms with van der Waals surface area (Å²) in [5, 5.41) is 12.3. The van der Waals surface area contributed by atoms with Gasteiger partial charge in [0.1, 0.15) is 6.07 Å². The lowest BCUT2D eigenvalue weighted by Gasteiger charge is -2.12. The van der Waals surface area contributed by atoms with Gasteiger partial charge in [-0.25, -0.2) is 0 Å². The largest absolute Gasteiger partial charge is 0.399 e. The van der Waals surface area contributed by atoms with E-state index in [0.717, 1.165) is 12.2 Å². The Bertz CT molecular complexity index is 413. The van der Waals surface area contributed by atoms with Crippen LogP contribution < -0.4 is 11.1 Å². The van der Waals surface area contributed by atoms with E-state index in [1.807, 2.05) is 12.1 Å². The Morgan fingerprint density at radius 2 is 2.27 bits per heavy atom. The standard InChI is InChI=1S/C12H15N3/c1-12(4-5-12)8-15-11-3-2-10(14)6-9(11)7-13/h2-3,6,15H,4-5,8,14H2,1H3. The normalized spacial score (nSPS) is 16.8. The molecule has 3 nitrogen and oxygen atoms in total. The third kappa shape index (κ3) is 2.21. The number of anilines is 2. The van der Waals surface area contributed by atoms with E-state index in [2.05, 4.69) is 18.3 Å². The number of nitrogens with one attached hydrogen (secondary N) is 1. The van der Waals surface area contributed by atoms with Gasteiger partial charge in [-0.05, 0) is 36.5 Å². The van der Waals surface area contributed by atoms with Crippen LogP contribution in [-0.2, 0) is 0 Å². The molecule has 2 rings (SSSR count). The van der Waals surface area contributed by atoms with E-state index in [-0.39, 0.29) is 0 Å². The van der Waals surface area contributed by atoms with Crippen LogP contribution in [-0.4, -0.2) is 6.54 Å². The first kappa shape index (κ1) is 9.85. The molecule has 1 aliphatic rings. The molecule has 1 aliphatic carbocycles. The van der Waals surface area contributed by atoms with Gasteiger partial charge in [-0.15, -0.1) is 0 Å². The van der Waals surface area contributed by atoms with Crippen LogP contribution in [0.15, 0.2) is 18.2 Å². The predicted molar refractivity (Wildman–Crippen MR) is 61.4 cm³/mol. The van der Waals surface area contributed by atoms with E-state index in [0.29, 0.717) is 16.7 Å². The van der Waals surface area contributed by atoms with Crippen LogP contribution in [0.1, 0.15) is 25.3 Å². The number of benzene rings is 1. The first-order chi connectivity index (χ1) is 7.13. The van der Waals surface area contributed by atoms with Gasteiger partial charge >= 0.3 is 0 Å². The zero-order valence-corrected chi connectivity index (χ0v) is 8.88. The predicted octanol–water partition coefficient (Wildman–Crippen LogP) is 2.35. The van der Waals surface area contributed by atoms with E-state index in [9.17, 15) is 0 Å². The fraction of sp³-hybridized carbons (Fsp3) is 0.417. The van der Waals surface area contributed by atoms with Gasteiger partial charge < -0.3 is 11.1 Å². The Balaban J connectivity index is 2.10. The van der Waals surface area contributed by atoms with Gasteiger partial charge in [-0.2, -0.15) is 5.26 Å². The molecule has 0 bridgehead atoms. The average molecular weight is 201 g/mol. The smallest absolute Gasteiger partial charge is 0.101 e. The van der Waals surface area contributed by atoms with Gasteiger partial charge in [-0.1, -0.05) is 6.92 Å². The van der Waals surface area contributed by atoms with Crippen molar-refractivity contribution < 1.29 is 0 Å². The average Bonchev–Trinajstić information content (AvgIpc) is 2.95. The summed E-state index contributed by atoms with van der Waals surface area (Å²) in [6, 6.07) is 7.55. The first-order valence-corrected chi connectivity index (χ1v) is 5.16. The van der Waals surface area contributed by atoms with E-state index < -0.39 is 0 Å². The summed E-state index contributed by atoms with van der Waals surface area (Å²) in [6.07, 6.45) is 2.55. The third-order valence-corrected chi connectivity index (χ3v) is 2.97. The quantitative estimate of drug-likeness (QED) is 0.738. The molecule has 0 radical (unpaired) electrons. The van der Waals surface area contributed by atoms with Crippen LogP contribution in [0.2, 0.25) is 0 Å². The lowest BCUT2D eigenvalue weighted by atomic mass is 10.1. The highest BCUT2D eigenvalue weighted by Crippen LogP contribution is 2.44. The monoisotopic (exact) mass is 201 g/mol. The highest BCUT2D eigenvalue weighted by atomic mass is 14.9. The fourth-order valence-corrected chi connectivity index (χ4v) is 1.51. The second kappa shape index (κ2) is 3.47. The Kier molecular flexibility index (Phi) is 2.28. The second-order valence-corrected chi connectivity index (χ2v) is 4.58. The maximum atomic E-state index is 8.94. The summed E-state index contributed by atoms with van der Waals surface area (Å²) in [6.45, 7) is 3.19. The molecule has 0 aromatic heterocycles. The molecule has 15 heavy (non-hydrogen) atoms. The zero-order valence-electron chi connectivity index (χ0n) is 8.88. The van der Waals surface area contributed by atoms with Crippen LogP contribution in [0.25, 0.3) is 0 Å². The topological polar surface area (TPSA) is 61.8 Å². The molecule has 1 aromatic rings. The van der Waals surface area contributed by atoms with E-state index in [1.165, 1.54) is 12.8 Å². The summed E-state index contributed by atoms with van der Waals surface area (Å²) in [5.41, 5.74) is 8.20. The van der Waals surface area contributed by atoms with Crippen molar-refractivity contribution in [1.82, 2.24) is 0 Å². The third-order valence-electron chi connectivity index (χ3n) is 2.97. The molecular formula is C12H15N3. The minimum Gasteiger partial charge on any atom is -0.399 e. The van der Waals surface area contributed by atoms with Gasteiger partial charge in [-0.3, -0.25) is 0 Å². The highest BCUT2D eigenvalue weighted by Gasteiger charge is 2.36. The molecule has 0 saturated heterocycles. The molecule has 1 fully saturated rings. The molecule has 1 saturated carbocycles. The summed E-state index contributed by atoms with van der Waals surface area (Å²) >= 11 is 0. The van der Waals surface area contributed by atoms with Crippen LogP contribution in [0.5, 0.6) is 0 Å². The van der Waals surface area contributed by atoms with Crippen molar-refractivity contribution in [3.63, 3.8) is 0 Å². The number of nitrogen functional groups attached to an aromatic ring is 1. The van der Waals surface area contributed by atoms with Crippen molar-refractivity contribution in [2.75, 3.05) is 17.6 Å². The number of hydrogen-bond acceptors (Lipinski definition) is 3. The molecule has 0 atom stereocenters. The lowest BCUT2D eigenvalue weighted by molar-refractivity contribution is 0.610. The number of nitrogens with zero attached hydrogens (tertiary/aromatic N) is 1. The Hall–Kier alpha value is -1.69. The van der Waals surface area contributed by atoms with E-state index >= 15 is 0 Å². The highest BCUT2D eigenvalue weighted by molar-refractivity contribution is 5.63. The van der Waals surface area contributed by atoms with Crippen molar-refractivity contribution in [3.05, 3.63) is 23.8 Å². The zero-order chi connectivity index (χ0) is 10.9. The van der Waals surface area contributed by atoms with Gasteiger partial charge in [0, 0.05) is 12.2 Å². The van der Waals surface area contributed by atoms with Crippen molar-refractivity contribution >= 4 is 11.4 Å². The van der Waals surface area contributed by atoms with Crippen molar-refractivity contribution in [2.45, 2.75) is 19.8 Å². The van der Waals surface area contributed by atoms with Gasteiger partial charge in [0.05, 0.1) is 11.3 Å². The maximum absolute atomic E-state index is 8.94. The van der Waals surface area contributed by atoms with E-state index in [1.54, 1.807) is 6.07 Å². The minimum absolute atomic E-state index is 0.439. The molecule has 78 valence electrons. The number of hydrogen-bond donors (Lipinski definition) is 2. The summed E-state index contributed by atoms with van der Waals surface area (Å²) in [4.78, 5) is 0. The molecule has 0 aliphatic heterocycles. The van der Waals surface area contributed by atoms with Crippen LogP contribution in [0.3, 0.4) is 0 Å². The van der Waals surface area contributed by atoms with Crippen molar-refractivity contribution in [1.29, 1.82) is 5.26 Å². The number of nitriles is 1. The molecule has 3 N–H and O–H groups in total. The Morgan fingerprint density at radius 3 is 2.87 bits per heavy atom. The second-order valence-electron chi connectivity index (χ2n) is 4.58. The first-order valence-electron chi connectivity index (χ1n) is 5.16. The van der Waals surface area contributed by atoms with Crippen LogP contribution in [0.4, 0.5) is 11.4 Å². The maximum Gasteiger partial charge on any atom is 0.101 e. The molecule has 0 heterocycles. The molecule has 0 spiro atoms. The van der Waals surface area contributed by atoms with Gasteiger partial charge in [0.25, 0.3) is 0 Å². The van der Waals surface area contributed by atoms with Crippen molar-refractivity contribution in [2.24, 2.45) is 5.41 Å². The number of nitrogens with two attached hydrogens (primary N) is 1. The lowest BCUT2D eigenvalue weighted by Crippen LogP contribution is -2.12. The Labute approximate surface area is 89.9 Å². The van der Waals surface area contributed by atoms with Crippen LogP contribution in [0, 0.1) is 16.7 Å². The molecule has 0 amide bonds. The molecular weight excluding hydrogens is 186 g/mol. The van der Waals surface area contributed by atoms with Gasteiger partial charge in [0.15, 0.2) is 0 Å². The van der Waals surface area contributed by atoms with Crippen LogP contribution >= 0.6 is 0 Å². The van der Waals surface area contributed by atoms with Gasteiger partial charge in [0.2, 0.25) is 0 Å². The van der Waals surface area contributed by atoms with Crippen molar-refractivity contribution in [3.8, 4) is 6.07 Å². The molecule has 1 aromatic carbocycles. The SMILES string of the molecule is CC1(CNc2ccc(N)cc2C#N)CC1. The minimum atomic E-state index is 0.439. The number of rotatable bonds is 3. The molecule has 3 heteroatoms. The molecule has 0 unspecified atom stereocenters. The summed E-state index contributed by atoms with van der Waals surface area (Å²) in [5.74, 6) is 0. The van der Waals surface area contributed by atoms with E-state index in [4.69, 9.17) is 11.0 Å². The fourth-order valence-electron chi connectivity index (χ4n) is 1.51.